The van der Waals surface area contributed by atoms with E-state index < -0.39 is 0 Å². The van der Waals surface area contributed by atoms with Gasteiger partial charge in [-0.05, 0) is 23.6 Å². The molecule has 0 aliphatic heterocycles. The lowest BCUT2D eigenvalue weighted by atomic mass is 10.2. The Morgan fingerprint density at radius 2 is 1.86 bits per heavy atom. The molecule has 0 radical (unpaired) electrons. The third-order valence-electron chi connectivity index (χ3n) is 2.78. The van der Waals surface area contributed by atoms with Gasteiger partial charge in [-0.1, -0.05) is 13.8 Å². The fraction of sp³-hybridized carbons (Fsp3) is 0.333. The summed E-state index contributed by atoms with van der Waals surface area (Å²) >= 11 is 0. The van der Waals surface area contributed by atoms with Gasteiger partial charge in [0, 0.05) is 37.9 Å². The van der Waals surface area contributed by atoms with E-state index in [1.165, 1.54) is 12.4 Å². The average molecular weight is 285 g/mol. The third-order valence-corrected chi connectivity index (χ3v) is 2.78. The molecule has 21 heavy (non-hydrogen) atoms. The summed E-state index contributed by atoms with van der Waals surface area (Å²) in [5.74, 6) is 0.757. The van der Waals surface area contributed by atoms with Crippen LogP contribution in [-0.4, -0.2) is 27.4 Å². The standard InChI is InChI=1S/C15H19N5O/c1-11(2)7-17-14(21)13-9-19-15(20-10-13)18-8-12-3-5-16-6-4-12/h3-6,9-11H,7-8H2,1-2H3,(H,17,21)(H,18,19,20). The Balaban J connectivity index is 1.88. The molecule has 1 amide bonds. The number of pyridine rings is 1. The molecule has 6 nitrogen and oxygen atoms in total. The summed E-state index contributed by atoms with van der Waals surface area (Å²) in [6.07, 6.45) is 6.52. The second kappa shape index (κ2) is 7.33. The molecule has 6 heteroatoms. The van der Waals surface area contributed by atoms with Gasteiger partial charge in [-0.15, -0.1) is 0 Å². The highest BCUT2D eigenvalue weighted by Gasteiger charge is 2.07. The minimum absolute atomic E-state index is 0.149. The molecular weight excluding hydrogens is 266 g/mol. The van der Waals surface area contributed by atoms with Gasteiger partial charge in [-0.2, -0.15) is 0 Å². The van der Waals surface area contributed by atoms with Crippen molar-refractivity contribution in [3.8, 4) is 0 Å². The first-order chi connectivity index (χ1) is 10.1. The highest BCUT2D eigenvalue weighted by atomic mass is 16.1. The molecule has 0 saturated heterocycles. The lowest BCUT2D eigenvalue weighted by Crippen LogP contribution is -2.27. The van der Waals surface area contributed by atoms with Crippen molar-refractivity contribution in [2.24, 2.45) is 5.92 Å². The fourth-order valence-corrected chi connectivity index (χ4v) is 1.62. The highest BCUT2D eigenvalue weighted by molar-refractivity contribution is 5.93. The molecule has 0 unspecified atom stereocenters. The van der Waals surface area contributed by atoms with Crippen LogP contribution in [0.5, 0.6) is 0 Å². The first-order valence-electron chi connectivity index (χ1n) is 6.88. The first kappa shape index (κ1) is 14.9. The Morgan fingerprint density at radius 3 is 2.48 bits per heavy atom. The number of hydrogen-bond donors (Lipinski definition) is 2. The molecule has 0 spiro atoms. The van der Waals surface area contributed by atoms with Crippen molar-refractivity contribution in [1.82, 2.24) is 20.3 Å². The minimum Gasteiger partial charge on any atom is -0.352 e. The maximum absolute atomic E-state index is 11.8. The number of carbonyl (C=O) groups excluding carboxylic acids is 1. The third kappa shape index (κ3) is 4.83. The smallest absolute Gasteiger partial charge is 0.254 e. The van der Waals surface area contributed by atoms with Gasteiger partial charge < -0.3 is 10.6 Å². The van der Waals surface area contributed by atoms with E-state index in [2.05, 4.69) is 25.6 Å². The van der Waals surface area contributed by atoms with Gasteiger partial charge in [-0.25, -0.2) is 9.97 Å². The summed E-state index contributed by atoms with van der Waals surface area (Å²) in [6, 6.07) is 3.83. The minimum atomic E-state index is -0.149. The molecule has 0 aromatic carbocycles. The van der Waals surface area contributed by atoms with E-state index in [1.54, 1.807) is 12.4 Å². The van der Waals surface area contributed by atoms with Crippen LogP contribution in [0.25, 0.3) is 0 Å². The summed E-state index contributed by atoms with van der Waals surface area (Å²) in [6.45, 7) is 5.34. The molecule has 0 aliphatic carbocycles. The van der Waals surface area contributed by atoms with Crippen molar-refractivity contribution in [3.05, 3.63) is 48.0 Å². The number of anilines is 1. The SMILES string of the molecule is CC(C)CNC(=O)c1cnc(NCc2ccncc2)nc1. The topological polar surface area (TPSA) is 79.8 Å². The molecule has 0 fully saturated rings. The number of aromatic nitrogens is 3. The van der Waals surface area contributed by atoms with E-state index in [9.17, 15) is 4.79 Å². The van der Waals surface area contributed by atoms with Gasteiger partial charge in [0.25, 0.3) is 5.91 Å². The van der Waals surface area contributed by atoms with Gasteiger partial charge in [0.1, 0.15) is 0 Å². The van der Waals surface area contributed by atoms with E-state index >= 15 is 0 Å². The number of carbonyl (C=O) groups is 1. The Bertz CT molecular complexity index is 568. The van der Waals surface area contributed by atoms with E-state index in [0.29, 0.717) is 30.5 Å². The first-order valence-corrected chi connectivity index (χ1v) is 6.88. The highest BCUT2D eigenvalue weighted by Crippen LogP contribution is 2.04. The molecule has 2 aromatic heterocycles. The molecule has 0 saturated carbocycles. The second-order valence-electron chi connectivity index (χ2n) is 5.11. The average Bonchev–Trinajstić information content (AvgIpc) is 2.52. The van der Waals surface area contributed by atoms with Crippen LogP contribution in [0.2, 0.25) is 0 Å². The van der Waals surface area contributed by atoms with Gasteiger partial charge >= 0.3 is 0 Å². The predicted molar refractivity (Wildman–Crippen MR) is 80.8 cm³/mol. The maximum Gasteiger partial charge on any atom is 0.254 e. The van der Waals surface area contributed by atoms with Crippen LogP contribution in [0.4, 0.5) is 5.95 Å². The van der Waals surface area contributed by atoms with Crippen LogP contribution in [0.1, 0.15) is 29.8 Å². The number of hydrogen-bond acceptors (Lipinski definition) is 5. The van der Waals surface area contributed by atoms with Crippen LogP contribution < -0.4 is 10.6 Å². The van der Waals surface area contributed by atoms with Crippen LogP contribution in [0.3, 0.4) is 0 Å². The van der Waals surface area contributed by atoms with E-state index in [0.717, 1.165) is 5.56 Å². The summed E-state index contributed by atoms with van der Waals surface area (Å²) < 4.78 is 0. The molecule has 2 heterocycles. The predicted octanol–water partition coefficient (Wildman–Crippen LogP) is 1.87. The van der Waals surface area contributed by atoms with Crippen LogP contribution in [0, 0.1) is 5.92 Å². The molecule has 0 aliphatic rings. The number of nitrogens with zero attached hydrogens (tertiary/aromatic N) is 3. The molecule has 2 rings (SSSR count). The normalized spacial score (nSPS) is 10.4. The zero-order chi connectivity index (χ0) is 15.1. The Labute approximate surface area is 124 Å². The van der Waals surface area contributed by atoms with Crippen molar-refractivity contribution < 1.29 is 4.79 Å². The molecular formula is C15H19N5O. The van der Waals surface area contributed by atoms with Gasteiger partial charge in [0.15, 0.2) is 0 Å². The van der Waals surface area contributed by atoms with Crippen molar-refractivity contribution in [1.29, 1.82) is 0 Å². The Hall–Kier alpha value is -2.50. The van der Waals surface area contributed by atoms with E-state index in [1.807, 2.05) is 26.0 Å². The number of rotatable bonds is 6. The zero-order valence-corrected chi connectivity index (χ0v) is 12.2. The Morgan fingerprint density at radius 1 is 1.19 bits per heavy atom. The second-order valence-corrected chi connectivity index (χ2v) is 5.11. The number of nitrogens with one attached hydrogen (secondary N) is 2. The molecule has 2 N–H and O–H groups in total. The zero-order valence-electron chi connectivity index (χ0n) is 12.2. The molecule has 2 aromatic rings. The van der Waals surface area contributed by atoms with Gasteiger partial charge in [0.05, 0.1) is 5.56 Å². The van der Waals surface area contributed by atoms with Gasteiger partial charge in [-0.3, -0.25) is 9.78 Å². The fourth-order valence-electron chi connectivity index (χ4n) is 1.62. The van der Waals surface area contributed by atoms with Crippen molar-refractivity contribution in [2.45, 2.75) is 20.4 Å². The summed E-state index contributed by atoms with van der Waals surface area (Å²) in [5.41, 5.74) is 1.55. The van der Waals surface area contributed by atoms with Crippen molar-refractivity contribution in [2.75, 3.05) is 11.9 Å². The van der Waals surface area contributed by atoms with Crippen molar-refractivity contribution >= 4 is 11.9 Å². The van der Waals surface area contributed by atoms with Crippen LogP contribution in [0.15, 0.2) is 36.9 Å². The van der Waals surface area contributed by atoms with Crippen molar-refractivity contribution in [3.63, 3.8) is 0 Å². The number of amides is 1. The lowest BCUT2D eigenvalue weighted by Gasteiger charge is -2.08. The van der Waals surface area contributed by atoms with Crippen LogP contribution in [-0.2, 0) is 6.54 Å². The van der Waals surface area contributed by atoms with E-state index in [4.69, 9.17) is 0 Å². The molecule has 0 bridgehead atoms. The van der Waals surface area contributed by atoms with E-state index in [-0.39, 0.29) is 5.91 Å². The summed E-state index contributed by atoms with van der Waals surface area (Å²) in [7, 11) is 0. The largest absolute Gasteiger partial charge is 0.352 e. The Kier molecular flexibility index (Phi) is 5.20. The molecule has 0 atom stereocenters. The maximum atomic E-state index is 11.8. The summed E-state index contributed by atoms with van der Waals surface area (Å²) in [5, 5.41) is 5.93. The lowest BCUT2D eigenvalue weighted by molar-refractivity contribution is 0.0948. The molecule has 110 valence electrons. The quantitative estimate of drug-likeness (QED) is 0.847. The van der Waals surface area contributed by atoms with Crippen LogP contribution >= 0.6 is 0 Å². The summed E-state index contributed by atoms with van der Waals surface area (Å²) in [4.78, 5) is 24.1. The van der Waals surface area contributed by atoms with Gasteiger partial charge in [0.2, 0.25) is 5.95 Å². The monoisotopic (exact) mass is 285 g/mol.